The van der Waals surface area contributed by atoms with Gasteiger partial charge in [-0.3, -0.25) is 9.78 Å². The lowest BCUT2D eigenvalue weighted by Gasteiger charge is -2.28. The minimum Gasteiger partial charge on any atom is -0.372 e. The van der Waals surface area contributed by atoms with Crippen molar-refractivity contribution in [1.29, 1.82) is 0 Å². The molecule has 1 fully saturated rings. The monoisotopic (exact) mass is 323 g/mol. The average Bonchev–Trinajstić information content (AvgIpc) is 3.03. The number of carbonyl (C=O) groups is 1. The zero-order valence-corrected chi connectivity index (χ0v) is 13.5. The molecule has 0 bridgehead atoms. The molecule has 3 rings (SSSR count). The highest BCUT2D eigenvalue weighted by Crippen LogP contribution is 2.26. The molecule has 2 atom stereocenters. The third-order valence-electron chi connectivity index (χ3n) is 4.24. The second-order valence-corrected chi connectivity index (χ2v) is 5.80. The van der Waals surface area contributed by atoms with Crippen molar-refractivity contribution in [2.75, 3.05) is 13.2 Å². The van der Waals surface area contributed by atoms with E-state index in [1.807, 2.05) is 23.1 Å². The number of benzene rings is 1. The SMILES string of the molecule is C=CCO[C@H]1CCN(C(=O)c2cnccn2)[C@H]1Cc1ccccc1. The van der Waals surface area contributed by atoms with Crippen LogP contribution in [-0.2, 0) is 11.2 Å². The molecule has 2 aromatic rings. The number of hydrogen-bond acceptors (Lipinski definition) is 4. The molecule has 0 radical (unpaired) electrons. The lowest BCUT2D eigenvalue weighted by Crippen LogP contribution is -2.42. The van der Waals surface area contributed by atoms with E-state index in [-0.39, 0.29) is 18.1 Å². The van der Waals surface area contributed by atoms with Gasteiger partial charge in [-0.2, -0.15) is 0 Å². The Bertz CT molecular complexity index is 676. The Hall–Kier alpha value is -2.53. The lowest BCUT2D eigenvalue weighted by atomic mass is 10.0. The van der Waals surface area contributed by atoms with Crippen LogP contribution in [0.2, 0.25) is 0 Å². The summed E-state index contributed by atoms with van der Waals surface area (Å²) in [6, 6.07) is 10.2. The van der Waals surface area contributed by atoms with Gasteiger partial charge in [-0.15, -0.1) is 6.58 Å². The summed E-state index contributed by atoms with van der Waals surface area (Å²) in [5, 5.41) is 0. The number of rotatable bonds is 6. The molecule has 1 saturated heterocycles. The standard InChI is InChI=1S/C19H21N3O2/c1-2-12-24-18-8-11-22(19(23)16-14-20-9-10-21-16)17(18)13-15-6-4-3-5-7-15/h2-7,9-10,14,17-18H,1,8,11-13H2/t17-,18-/m0/s1. The molecule has 5 nitrogen and oxygen atoms in total. The lowest BCUT2D eigenvalue weighted by molar-refractivity contribution is 0.0377. The molecule has 0 unspecified atom stereocenters. The molecule has 1 amide bonds. The zero-order valence-electron chi connectivity index (χ0n) is 13.5. The fourth-order valence-electron chi connectivity index (χ4n) is 3.12. The summed E-state index contributed by atoms with van der Waals surface area (Å²) in [5.41, 5.74) is 1.56. The Labute approximate surface area is 142 Å². The van der Waals surface area contributed by atoms with Crippen LogP contribution in [0.15, 0.2) is 61.6 Å². The molecule has 0 N–H and O–H groups in total. The molecule has 5 heteroatoms. The van der Waals surface area contributed by atoms with Crippen LogP contribution in [0.4, 0.5) is 0 Å². The van der Waals surface area contributed by atoms with Crippen molar-refractivity contribution in [3.8, 4) is 0 Å². The number of amides is 1. The summed E-state index contributed by atoms with van der Waals surface area (Å²) < 4.78 is 5.91. The molecular formula is C19H21N3O2. The van der Waals surface area contributed by atoms with Crippen molar-refractivity contribution < 1.29 is 9.53 Å². The van der Waals surface area contributed by atoms with E-state index in [0.29, 0.717) is 18.8 Å². The van der Waals surface area contributed by atoms with Gasteiger partial charge in [0.25, 0.3) is 5.91 Å². The van der Waals surface area contributed by atoms with E-state index in [1.54, 1.807) is 18.5 Å². The highest BCUT2D eigenvalue weighted by molar-refractivity contribution is 5.92. The maximum Gasteiger partial charge on any atom is 0.274 e. The van der Waals surface area contributed by atoms with Gasteiger partial charge in [0, 0.05) is 18.9 Å². The van der Waals surface area contributed by atoms with Gasteiger partial charge >= 0.3 is 0 Å². The average molecular weight is 323 g/mol. The van der Waals surface area contributed by atoms with Gasteiger partial charge in [0.2, 0.25) is 0 Å². The number of aromatic nitrogens is 2. The van der Waals surface area contributed by atoms with E-state index in [9.17, 15) is 4.79 Å². The Kier molecular flexibility index (Phi) is 5.33. The first-order valence-electron chi connectivity index (χ1n) is 8.13. The van der Waals surface area contributed by atoms with Crippen LogP contribution in [0.5, 0.6) is 0 Å². The largest absolute Gasteiger partial charge is 0.372 e. The van der Waals surface area contributed by atoms with E-state index in [0.717, 1.165) is 12.8 Å². The molecule has 1 aromatic heterocycles. The molecule has 1 aliphatic heterocycles. The van der Waals surface area contributed by atoms with E-state index in [4.69, 9.17) is 4.74 Å². The summed E-state index contributed by atoms with van der Waals surface area (Å²) in [5.74, 6) is -0.0891. The Morgan fingerprint density at radius 3 is 2.88 bits per heavy atom. The molecule has 124 valence electrons. The van der Waals surface area contributed by atoms with Crippen molar-refractivity contribution in [1.82, 2.24) is 14.9 Å². The smallest absolute Gasteiger partial charge is 0.274 e. The maximum atomic E-state index is 12.8. The fourth-order valence-corrected chi connectivity index (χ4v) is 3.12. The van der Waals surface area contributed by atoms with Gasteiger partial charge in [0.05, 0.1) is 24.9 Å². The Morgan fingerprint density at radius 2 is 2.17 bits per heavy atom. The number of ether oxygens (including phenoxy) is 1. The Balaban J connectivity index is 1.81. The molecule has 24 heavy (non-hydrogen) atoms. The van der Waals surface area contributed by atoms with Crippen molar-refractivity contribution in [2.45, 2.75) is 25.0 Å². The predicted molar refractivity (Wildman–Crippen MR) is 91.6 cm³/mol. The predicted octanol–water partition coefficient (Wildman–Crippen LogP) is 2.51. The second kappa shape index (κ2) is 7.84. The minimum absolute atomic E-state index is 0.00354. The van der Waals surface area contributed by atoms with Gasteiger partial charge in [-0.05, 0) is 18.4 Å². The quantitative estimate of drug-likeness (QED) is 0.767. The number of likely N-dealkylation sites (tertiary alicyclic amines) is 1. The third-order valence-corrected chi connectivity index (χ3v) is 4.24. The van der Waals surface area contributed by atoms with Crippen LogP contribution < -0.4 is 0 Å². The summed E-state index contributed by atoms with van der Waals surface area (Å²) >= 11 is 0. The van der Waals surface area contributed by atoms with Crippen LogP contribution in [0.3, 0.4) is 0 Å². The topological polar surface area (TPSA) is 55.3 Å². The summed E-state index contributed by atoms with van der Waals surface area (Å²) in [6.45, 7) is 4.86. The van der Waals surface area contributed by atoms with Gasteiger partial charge in [-0.1, -0.05) is 36.4 Å². The van der Waals surface area contributed by atoms with Crippen LogP contribution in [0.25, 0.3) is 0 Å². The Morgan fingerprint density at radius 1 is 1.33 bits per heavy atom. The van der Waals surface area contributed by atoms with Crippen molar-refractivity contribution >= 4 is 5.91 Å². The first-order chi connectivity index (χ1) is 11.8. The fraction of sp³-hybridized carbons (Fsp3) is 0.316. The molecule has 1 aromatic carbocycles. The minimum atomic E-state index is -0.0891. The highest BCUT2D eigenvalue weighted by atomic mass is 16.5. The first-order valence-corrected chi connectivity index (χ1v) is 8.13. The van der Waals surface area contributed by atoms with Crippen molar-refractivity contribution in [3.63, 3.8) is 0 Å². The molecule has 0 aliphatic carbocycles. The first kappa shape index (κ1) is 16.3. The third kappa shape index (κ3) is 3.68. The number of hydrogen-bond donors (Lipinski definition) is 0. The van der Waals surface area contributed by atoms with Crippen LogP contribution >= 0.6 is 0 Å². The normalized spacial score (nSPS) is 20.1. The molecule has 1 aliphatic rings. The van der Waals surface area contributed by atoms with E-state index in [1.165, 1.54) is 11.8 Å². The maximum absolute atomic E-state index is 12.8. The van der Waals surface area contributed by atoms with Gasteiger partial charge in [0.15, 0.2) is 0 Å². The number of nitrogens with zero attached hydrogens (tertiary/aromatic N) is 3. The zero-order chi connectivity index (χ0) is 16.8. The van der Waals surface area contributed by atoms with Gasteiger partial charge < -0.3 is 9.64 Å². The second-order valence-electron chi connectivity index (χ2n) is 5.80. The molecular weight excluding hydrogens is 302 g/mol. The molecule has 0 spiro atoms. The van der Waals surface area contributed by atoms with E-state index >= 15 is 0 Å². The van der Waals surface area contributed by atoms with Gasteiger partial charge in [0.1, 0.15) is 5.69 Å². The molecule has 0 saturated carbocycles. The summed E-state index contributed by atoms with van der Waals surface area (Å²) in [7, 11) is 0. The van der Waals surface area contributed by atoms with Crippen LogP contribution in [0, 0.1) is 0 Å². The van der Waals surface area contributed by atoms with Crippen molar-refractivity contribution in [3.05, 3.63) is 72.8 Å². The highest BCUT2D eigenvalue weighted by Gasteiger charge is 2.38. The number of carbonyl (C=O) groups excluding carboxylic acids is 1. The van der Waals surface area contributed by atoms with Crippen LogP contribution in [0.1, 0.15) is 22.5 Å². The molecule has 2 heterocycles. The van der Waals surface area contributed by atoms with Gasteiger partial charge in [-0.25, -0.2) is 4.98 Å². The van der Waals surface area contributed by atoms with E-state index in [2.05, 4.69) is 28.7 Å². The van der Waals surface area contributed by atoms with E-state index < -0.39 is 0 Å². The summed E-state index contributed by atoms with van der Waals surface area (Å²) in [6.07, 6.45) is 7.95. The summed E-state index contributed by atoms with van der Waals surface area (Å²) in [4.78, 5) is 22.8. The van der Waals surface area contributed by atoms with Crippen LogP contribution in [-0.4, -0.2) is 46.1 Å². The van der Waals surface area contributed by atoms with Crippen molar-refractivity contribution in [2.24, 2.45) is 0 Å².